The number of halogens is 4. The molecule has 2 aromatic rings. The fourth-order valence-corrected chi connectivity index (χ4v) is 2.33. The van der Waals surface area contributed by atoms with Gasteiger partial charge in [0, 0.05) is 17.3 Å². The lowest BCUT2D eigenvalue weighted by molar-refractivity contribution is 0.0696. The number of carboxylic acids is 1. The van der Waals surface area contributed by atoms with E-state index in [9.17, 15) is 4.79 Å². The number of pyridine rings is 1. The van der Waals surface area contributed by atoms with Crippen LogP contribution in [0.1, 0.15) is 10.4 Å². The standard InChI is InChI=1S/C12H5Cl4NO2/c13-8-3-10(15)9(14)2-6(8)5-1-7(12(18)19)11(16)17-4-5/h1-4H,(H,18,19). The van der Waals surface area contributed by atoms with Gasteiger partial charge in [0.25, 0.3) is 0 Å². The molecule has 0 radical (unpaired) electrons. The van der Waals surface area contributed by atoms with Crippen LogP contribution in [0.5, 0.6) is 0 Å². The Kier molecular flexibility index (Phi) is 4.21. The molecule has 19 heavy (non-hydrogen) atoms. The maximum Gasteiger partial charge on any atom is 0.338 e. The van der Waals surface area contributed by atoms with Crippen LogP contribution < -0.4 is 0 Å². The molecule has 0 aliphatic carbocycles. The molecule has 0 aliphatic rings. The van der Waals surface area contributed by atoms with Gasteiger partial charge in [0.1, 0.15) is 5.15 Å². The predicted octanol–water partition coefficient (Wildman–Crippen LogP) is 5.06. The van der Waals surface area contributed by atoms with Crippen molar-refractivity contribution in [2.24, 2.45) is 0 Å². The van der Waals surface area contributed by atoms with Crippen molar-refractivity contribution in [3.63, 3.8) is 0 Å². The summed E-state index contributed by atoms with van der Waals surface area (Å²) in [4.78, 5) is 14.8. The van der Waals surface area contributed by atoms with Gasteiger partial charge in [-0.1, -0.05) is 46.4 Å². The highest BCUT2D eigenvalue weighted by Crippen LogP contribution is 2.35. The molecule has 3 nitrogen and oxygen atoms in total. The maximum absolute atomic E-state index is 11.0. The fraction of sp³-hybridized carbons (Fsp3) is 0. The average Bonchev–Trinajstić information content (AvgIpc) is 2.34. The van der Waals surface area contributed by atoms with E-state index in [4.69, 9.17) is 51.5 Å². The fourth-order valence-electron chi connectivity index (χ4n) is 1.49. The Labute approximate surface area is 128 Å². The molecule has 0 aliphatic heterocycles. The highest BCUT2D eigenvalue weighted by Gasteiger charge is 2.14. The molecule has 1 heterocycles. The van der Waals surface area contributed by atoms with Crippen molar-refractivity contribution < 1.29 is 9.90 Å². The second-order valence-corrected chi connectivity index (χ2v) is 5.19. The zero-order valence-electron chi connectivity index (χ0n) is 9.12. The van der Waals surface area contributed by atoms with Crippen LogP contribution in [-0.2, 0) is 0 Å². The molecule has 0 amide bonds. The molecule has 7 heteroatoms. The number of rotatable bonds is 2. The van der Waals surface area contributed by atoms with Crippen LogP contribution in [0.3, 0.4) is 0 Å². The van der Waals surface area contributed by atoms with Crippen LogP contribution in [0.15, 0.2) is 24.4 Å². The summed E-state index contributed by atoms with van der Waals surface area (Å²) in [5, 5.41) is 9.88. The van der Waals surface area contributed by atoms with E-state index in [0.29, 0.717) is 26.2 Å². The summed E-state index contributed by atoms with van der Waals surface area (Å²) >= 11 is 23.5. The van der Waals surface area contributed by atoms with E-state index < -0.39 is 5.97 Å². The molecule has 0 fully saturated rings. The Bertz CT molecular complexity index is 673. The van der Waals surface area contributed by atoms with Crippen molar-refractivity contribution >= 4 is 52.4 Å². The first-order valence-electron chi connectivity index (χ1n) is 4.94. The number of carboxylic acid groups (broad SMARTS) is 1. The summed E-state index contributed by atoms with van der Waals surface area (Å²) in [6.45, 7) is 0. The largest absolute Gasteiger partial charge is 0.478 e. The van der Waals surface area contributed by atoms with Gasteiger partial charge in [-0.3, -0.25) is 0 Å². The molecule has 0 bridgehead atoms. The second kappa shape index (κ2) is 5.55. The summed E-state index contributed by atoms with van der Waals surface area (Å²) in [5.74, 6) is -1.17. The lowest BCUT2D eigenvalue weighted by Gasteiger charge is -2.08. The topological polar surface area (TPSA) is 50.2 Å². The summed E-state index contributed by atoms with van der Waals surface area (Å²) in [5.41, 5.74) is 0.911. The second-order valence-electron chi connectivity index (χ2n) is 3.61. The number of carbonyl (C=O) groups is 1. The van der Waals surface area contributed by atoms with Gasteiger partial charge in [0.2, 0.25) is 0 Å². The van der Waals surface area contributed by atoms with Crippen molar-refractivity contribution in [1.29, 1.82) is 0 Å². The van der Waals surface area contributed by atoms with Gasteiger partial charge < -0.3 is 5.11 Å². The molecule has 1 N–H and O–H groups in total. The van der Waals surface area contributed by atoms with Crippen molar-refractivity contribution in [2.45, 2.75) is 0 Å². The zero-order chi connectivity index (χ0) is 14.2. The smallest absolute Gasteiger partial charge is 0.338 e. The molecule has 0 atom stereocenters. The Balaban J connectivity index is 2.63. The Morgan fingerprint density at radius 3 is 2.26 bits per heavy atom. The molecule has 0 saturated heterocycles. The van der Waals surface area contributed by atoms with Crippen molar-refractivity contribution in [2.75, 3.05) is 0 Å². The zero-order valence-corrected chi connectivity index (χ0v) is 12.1. The number of hydrogen-bond acceptors (Lipinski definition) is 2. The molecule has 98 valence electrons. The van der Waals surface area contributed by atoms with Gasteiger partial charge in [0.05, 0.1) is 20.6 Å². The van der Waals surface area contributed by atoms with Crippen LogP contribution in [0.2, 0.25) is 20.2 Å². The summed E-state index contributed by atoms with van der Waals surface area (Å²) in [7, 11) is 0. The van der Waals surface area contributed by atoms with Gasteiger partial charge in [-0.05, 0) is 18.2 Å². The first kappa shape index (κ1) is 14.4. The molecule has 2 rings (SSSR count). The molecular weight excluding hydrogens is 332 g/mol. The van der Waals surface area contributed by atoms with E-state index in [1.54, 1.807) is 6.07 Å². The molecule has 0 spiro atoms. The summed E-state index contributed by atoms with van der Waals surface area (Å²) in [6.07, 6.45) is 1.42. The minimum absolute atomic E-state index is 0.0903. The van der Waals surface area contributed by atoms with Gasteiger partial charge in [-0.15, -0.1) is 0 Å². The number of benzene rings is 1. The van der Waals surface area contributed by atoms with E-state index in [1.165, 1.54) is 18.3 Å². The van der Waals surface area contributed by atoms with E-state index in [1.807, 2.05) is 0 Å². The first-order chi connectivity index (χ1) is 8.90. The molecule has 1 aromatic heterocycles. The minimum atomic E-state index is -1.17. The highest BCUT2D eigenvalue weighted by atomic mass is 35.5. The van der Waals surface area contributed by atoms with Gasteiger partial charge >= 0.3 is 5.97 Å². The Morgan fingerprint density at radius 1 is 1.00 bits per heavy atom. The van der Waals surface area contributed by atoms with Crippen molar-refractivity contribution in [3.05, 3.63) is 50.2 Å². The number of nitrogens with zero attached hydrogens (tertiary/aromatic N) is 1. The Morgan fingerprint density at radius 2 is 1.63 bits per heavy atom. The summed E-state index contributed by atoms with van der Waals surface area (Å²) in [6, 6.07) is 4.40. The Hall–Kier alpha value is -1.00. The third-order valence-electron chi connectivity index (χ3n) is 2.39. The average molecular weight is 337 g/mol. The molecular formula is C12H5Cl4NO2. The van der Waals surface area contributed by atoms with Gasteiger partial charge in [0.15, 0.2) is 0 Å². The molecule has 0 saturated carbocycles. The number of hydrogen-bond donors (Lipinski definition) is 1. The van der Waals surface area contributed by atoms with Crippen LogP contribution in [0, 0.1) is 0 Å². The SMILES string of the molecule is O=C(O)c1cc(-c2cc(Cl)c(Cl)cc2Cl)cnc1Cl. The van der Waals surface area contributed by atoms with Crippen molar-refractivity contribution in [3.8, 4) is 11.1 Å². The third-order valence-corrected chi connectivity index (χ3v) is 3.73. The quantitative estimate of drug-likeness (QED) is 0.616. The predicted molar refractivity (Wildman–Crippen MR) is 76.7 cm³/mol. The third kappa shape index (κ3) is 2.95. The van der Waals surface area contributed by atoms with Crippen LogP contribution in [0.4, 0.5) is 0 Å². The number of aromatic carboxylic acids is 1. The van der Waals surface area contributed by atoms with Gasteiger partial charge in [-0.25, -0.2) is 9.78 Å². The lowest BCUT2D eigenvalue weighted by atomic mass is 10.1. The number of aromatic nitrogens is 1. The normalized spacial score (nSPS) is 10.5. The van der Waals surface area contributed by atoms with E-state index >= 15 is 0 Å². The van der Waals surface area contributed by atoms with Crippen LogP contribution >= 0.6 is 46.4 Å². The lowest BCUT2D eigenvalue weighted by Crippen LogP contribution is -1.99. The molecule has 1 aromatic carbocycles. The highest BCUT2D eigenvalue weighted by molar-refractivity contribution is 6.44. The van der Waals surface area contributed by atoms with E-state index in [0.717, 1.165) is 0 Å². The van der Waals surface area contributed by atoms with Crippen LogP contribution in [-0.4, -0.2) is 16.1 Å². The minimum Gasteiger partial charge on any atom is -0.478 e. The van der Waals surface area contributed by atoms with E-state index in [-0.39, 0.29) is 10.7 Å². The summed E-state index contributed by atoms with van der Waals surface area (Å²) < 4.78 is 0. The van der Waals surface area contributed by atoms with Crippen molar-refractivity contribution in [1.82, 2.24) is 4.98 Å². The monoisotopic (exact) mass is 335 g/mol. The maximum atomic E-state index is 11.0. The van der Waals surface area contributed by atoms with Gasteiger partial charge in [-0.2, -0.15) is 0 Å². The van der Waals surface area contributed by atoms with E-state index in [2.05, 4.69) is 4.98 Å². The van der Waals surface area contributed by atoms with Crippen LogP contribution in [0.25, 0.3) is 11.1 Å². The molecule has 0 unspecified atom stereocenters. The first-order valence-corrected chi connectivity index (χ1v) is 6.45.